The maximum absolute atomic E-state index is 8.72. The van der Waals surface area contributed by atoms with E-state index >= 15 is 0 Å². The highest BCUT2D eigenvalue weighted by Gasteiger charge is 1.99. The van der Waals surface area contributed by atoms with Crippen molar-refractivity contribution in [2.75, 3.05) is 19.7 Å². The lowest BCUT2D eigenvalue weighted by molar-refractivity contribution is 0.277. The number of aliphatic hydroxyl groups is 1. The number of hydrogen-bond donors (Lipinski definition) is 1. The third-order valence-corrected chi connectivity index (χ3v) is 3.01. The summed E-state index contributed by atoms with van der Waals surface area (Å²) in [5, 5.41) is 15.0. The summed E-state index contributed by atoms with van der Waals surface area (Å²) in [6.07, 6.45) is 10.6. The zero-order valence-electron chi connectivity index (χ0n) is 12.6. The van der Waals surface area contributed by atoms with E-state index in [1.54, 1.807) is 6.21 Å². The van der Waals surface area contributed by atoms with Gasteiger partial charge in [-0.15, -0.1) is 0 Å². The summed E-state index contributed by atoms with van der Waals surface area (Å²) in [5.41, 5.74) is 0. The fourth-order valence-corrected chi connectivity index (χ4v) is 2.01. The van der Waals surface area contributed by atoms with Gasteiger partial charge in [-0.1, -0.05) is 52.9 Å². The van der Waals surface area contributed by atoms with Crippen molar-refractivity contribution in [3.05, 3.63) is 0 Å². The van der Waals surface area contributed by atoms with Crippen LogP contribution in [-0.2, 0) is 0 Å². The molecule has 0 aliphatic heterocycles. The Morgan fingerprint density at radius 1 is 1.06 bits per heavy atom. The van der Waals surface area contributed by atoms with E-state index in [2.05, 4.69) is 30.9 Å². The van der Waals surface area contributed by atoms with E-state index in [0.717, 1.165) is 25.4 Å². The molecular formula is C15H32N2O. The Bertz CT molecular complexity index is 193. The monoisotopic (exact) mass is 256 g/mol. The second-order valence-electron chi connectivity index (χ2n) is 5.38. The third-order valence-electron chi connectivity index (χ3n) is 3.01. The highest BCUT2D eigenvalue weighted by atomic mass is 16.3. The summed E-state index contributed by atoms with van der Waals surface area (Å²) in [7, 11) is 0. The molecule has 0 spiro atoms. The molecule has 0 amide bonds. The van der Waals surface area contributed by atoms with E-state index in [9.17, 15) is 0 Å². The van der Waals surface area contributed by atoms with Crippen molar-refractivity contribution in [3.63, 3.8) is 0 Å². The van der Waals surface area contributed by atoms with Gasteiger partial charge in [-0.2, -0.15) is 5.10 Å². The molecule has 0 aliphatic carbocycles. The van der Waals surface area contributed by atoms with Gasteiger partial charge in [-0.25, -0.2) is 0 Å². The molecule has 18 heavy (non-hydrogen) atoms. The minimum atomic E-state index is 0.0371. The fraction of sp³-hybridized carbons (Fsp3) is 0.933. The highest BCUT2D eigenvalue weighted by Crippen LogP contribution is 2.10. The zero-order valence-corrected chi connectivity index (χ0v) is 12.6. The Hall–Kier alpha value is -0.570. The Morgan fingerprint density at radius 2 is 1.72 bits per heavy atom. The highest BCUT2D eigenvalue weighted by molar-refractivity contribution is 5.57. The largest absolute Gasteiger partial charge is 0.391 e. The van der Waals surface area contributed by atoms with Crippen molar-refractivity contribution >= 4 is 6.21 Å². The molecule has 0 rings (SSSR count). The first-order valence-electron chi connectivity index (χ1n) is 7.59. The Morgan fingerprint density at radius 3 is 2.33 bits per heavy atom. The first-order chi connectivity index (χ1) is 8.70. The average Bonchev–Trinajstić information content (AvgIpc) is 2.34. The van der Waals surface area contributed by atoms with Gasteiger partial charge in [0.2, 0.25) is 0 Å². The summed E-state index contributed by atoms with van der Waals surface area (Å²) < 4.78 is 0. The van der Waals surface area contributed by atoms with Gasteiger partial charge in [-0.3, -0.25) is 5.01 Å². The van der Waals surface area contributed by atoms with Crippen LogP contribution < -0.4 is 0 Å². The van der Waals surface area contributed by atoms with Gasteiger partial charge in [0.15, 0.2) is 0 Å². The molecule has 0 atom stereocenters. The first-order valence-corrected chi connectivity index (χ1v) is 7.59. The molecule has 0 aromatic rings. The number of unbranched alkanes of at least 4 members (excludes halogenated alkanes) is 4. The molecular weight excluding hydrogens is 224 g/mol. The number of rotatable bonds is 12. The molecule has 3 nitrogen and oxygen atoms in total. The molecule has 0 aromatic heterocycles. The molecule has 0 heterocycles. The standard InChI is InChI=1S/C15H32N2O/c1-4-12-17(16-11-14-18)13-9-7-5-6-8-10-15(2)3/h11,15,18H,4-10,12-14H2,1-3H3. The van der Waals surface area contributed by atoms with Crippen molar-refractivity contribution < 1.29 is 5.11 Å². The van der Waals surface area contributed by atoms with Crippen LogP contribution in [0.2, 0.25) is 0 Å². The molecule has 0 fully saturated rings. The molecule has 0 bridgehead atoms. The van der Waals surface area contributed by atoms with E-state index < -0.39 is 0 Å². The molecule has 0 unspecified atom stereocenters. The van der Waals surface area contributed by atoms with Crippen LogP contribution in [0.3, 0.4) is 0 Å². The summed E-state index contributed by atoms with van der Waals surface area (Å²) >= 11 is 0. The van der Waals surface area contributed by atoms with Crippen molar-refractivity contribution in [2.45, 2.75) is 65.7 Å². The van der Waals surface area contributed by atoms with Crippen LogP contribution in [0, 0.1) is 5.92 Å². The maximum atomic E-state index is 8.72. The smallest absolute Gasteiger partial charge is 0.0801 e. The van der Waals surface area contributed by atoms with Gasteiger partial charge in [0.1, 0.15) is 0 Å². The molecule has 0 radical (unpaired) electrons. The van der Waals surface area contributed by atoms with Gasteiger partial charge in [0, 0.05) is 19.3 Å². The van der Waals surface area contributed by atoms with Crippen molar-refractivity contribution in [1.29, 1.82) is 0 Å². The Balaban J connectivity index is 3.45. The van der Waals surface area contributed by atoms with Crippen LogP contribution in [0.25, 0.3) is 0 Å². The van der Waals surface area contributed by atoms with E-state index in [4.69, 9.17) is 5.11 Å². The normalized spacial score (nSPS) is 11.6. The second kappa shape index (κ2) is 12.9. The zero-order chi connectivity index (χ0) is 13.6. The van der Waals surface area contributed by atoms with Gasteiger partial charge >= 0.3 is 0 Å². The number of aliphatic hydroxyl groups excluding tert-OH is 1. The third kappa shape index (κ3) is 11.9. The molecule has 1 N–H and O–H groups in total. The lowest BCUT2D eigenvalue weighted by Crippen LogP contribution is -2.20. The maximum Gasteiger partial charge on any atom is 0.0801 e. The van der Waals surface area contributed by atoms with Gasteiger partial charge < -0.3 is 5.11 Å². The van der Waals surface area contributed by atoms with Gasteiger partial charge in [-0.05, 0) is 18.8 Å². The lowest BCUT2D eigenvalue weighted by atomic mass is 10.0. The summed E-state index contributed by atoms with van der Waals surface area (Å²) in [4.78, 5) is 0. The van der Waals surface area contributed by atoms with E-state index in [0.29, 0.717) is 0 Å². The molecule has 108 valence electrons. The van der Waals surface area contributed by atoms with Crippen LogP contribution in [0.1, 0.15) is 65.7 Å². The Kier molecular flexibility index (Phi) is 12.5. The lowest BCUT2D eigenvalue weighted by Gasteiger charge is -2.17. The SMILES string of the molecule is CCCN(CCCCCCCC(C)C)N=CCO. The summed E-state index contributed by atoms with van der Waals surface area (Å²) in [6.45, 7) is 8.80. The predicted octanol–water partition coefficient (Wildman–Crippen LogP) is 3.67. The second-order valence-corrected chi connectivity index (χ2v) is 5.38. The van der Waals surface area contributed by atoms with E-state index in [1.165, 1.54) is 38.5 Å². The molecule has 0 saturated heterocycles. The van der Waals surface area contributed by atoms with Crippen LogP contribution in [0.5, 0.6) is 0 Å². The molecule has 3 heteroatoms. The van der Waals surface area contributed by atoms with Crippen molar-refractivity contribution in [1.82, 2.24) is 5.01 Å². The molecule has 0 aromatic carbocycles. The van der Waals surface area contributed by atoms with Crippen LogP contribution in [0.4, 0.5) is 0 Å². The van der Waals surface area contributed by atoms with Crippen molar-refractivity contribution in [2.24, 2.45) is 11.0 Å². The molecule has 0 aliphatic rings. The number of hydrazone groups is 1. The van der Waals surface area contributed by atoms with Crippen LogP contribution in [-0.4, -0.2) is 36.0 Å². The minimum absolute atomic E-state index is 0.0371. The Labute approximate surface area is 113 Å². The number of hydrogen-bond acceptors (Lipinski definition) is 3. The predicted molar refractivity (Wildman–Crippen MR) is 80.0 cm³/mol. The minimum Gasteiger partial charge on any atom is -0.391 e. The van der Waals surface area contributed by atoms with E-state index in [-0.39, 0.29) is 6.61 Å². The van der Waals surface area contributed by atoms with E-state index in [1.807, 2.05) is 0 Å². The number of nitrogens with zero attached hydrogens (tertiary/aromatic N) is 2. The quantitative estimate of drug-likeness (QED) is 0.328. The molecule has 0 saturated carbocycles. The average molecular weight is 256 g/mol. The summed E-state index contributed by atoms with van der Waals surface area (Å²) in [5.74, 6) is 0.845. The van der Waals surface area contributed by atoms with Crippen LogP contribution >= 0.6 is 0 Å². The van der Waals surface area contributed by atoms with Crippen molar-refractivity contribution in [3.8, 4) is 0 Å². The van der Waals surface area contributed by atoms with Crippen LogP contribution in [0.15, 0.2) is 5.10 Å². The van der Waals surface area contributed by atoms with Gasteiger partial charge in [0.05, 0.1) is 6.61 Å². The first kappa shape index (κ1) is 17.4. The fourth-order valence-electron chi connectivity index (χ4n) is 2.01. The topological polar surface area (TPSA) is 35.8 Å². The summed E-state index contributed by atoms with van der Waals surface area (Å²) in [6, 6.07) is 0. The van der Waals surface area contributed by atoms with Gasteiger partial charge in [0.25, 0.3) is 0 Å².